The van der Waals surface area contributed by atoms with Crippen LogP contribution in [-0.2, 0) is 0 Å². The number of aromatic nitrogens is 3. The quantitative estimate of drug-likeness (QED) is 0.203. The van der Waals surface area contributed by atoms with Crippen LogP contribution < -0.4 is 0 Å². The third-order valence-electron chi connectivity index (χ3n) is 9.42. The molecule has 5 heteroatoms. The third kappa shape index (κ3) is 3.73. The van der Waals surface area contributed by atoms with Crippen LogP contribution in [0.3, 0.4) is 0 Å². The molecule has 0 N–H and O–H groups in total. The Morgan fingerprint density at radius 3 is 1.83 bits per heavy atom. The minimum atomic E-state index is 0.659. The molecular formula is C42H24N4O. The van der Waals surface area contributed by atoms with Gasteiger partial charge < -0.3 is 8.98 Å². The van der Waals surface area contributed by atoms with E-state index in [-0.39, 0.29) is 0 Å². The van der Waals surface area contributed by atoms with Crippen molar-refractivity contribution in [1.82, 2.24) is 14.1 Å². The van der Waals surface area contributed by atoms with E-state index >= 15 is 0 Å². The number of hydrogen-bond acceptors (Lipinski definition) is 3. The number of rotatable bonds is 3. The van der Waals surface area contributed by atoms with E-state index < -0.39 is 0 Å². The number of benzene rings is 6. The van der Waals surface area contributed by atoms with Crippen molar-refractivity contribution in [2.75, 3.05) is 0 Å². The molecule has 0 saturated heterocycles. The van der Waals surface area contributed by atoms with Crippen LogP contribution in [0.5, 0.6) is 0 Å². The summed E-state index contributed by atoms with van der Waals surface area (Å²) < 4.78 is 10.9. The highest BCUT2D eigenvalue weighted by molar-refractivity contribution is 6.17. The molecule has 0 aliphatic heterocycles. The summed E-state index contributed by atoms with van der Waals surface area (Å²) in [6.45, 7) is 0. The summed E-state index contributed by atoms with van der Waals surface area (Å²) in [5.74, 6) is 0.859. The molecule has 6 aromatic carbocycles. The Bertz CT molecular complexity index is 2900. The average molecular weight is 601 g/mol. The van der Waals surface area contributed by atoms with Gasteiger partial charge in [-0.15, -0.1) is 0 Å². The molecule has 0 atom stereocenters. The number of furan rings is 1. The fraction of sp³-hybridized carbons (Fsp3) is 0. The molecule has 0 amide bonds. The van der Waals surface area contributed by atoms with E-state index in [9.17, 15) is 5.26 Å². The van der Waals surface area contributed by atoms with Crippen molar-refractivity contribution in [3.63, 3.8) is 0 Å². The zero-order chi connectivity index (χ0) is 31.1. The van der Waals surface area contributed by atoms with Gasteiger partial charge in [-0.1, -0.05) is 78.9 Å². The van der Waals surface area contributed by atoms with Gasteiger partial charge in [0.2, 0.25) is 0 Å². The number of pyridine rings is 1. The first-order valence-electron chi connectivity index (χ1n) is 15.6. The molecule has 0 saturated carbocycles. The highest BCUT2D eigenvalue weighted by atomic mass is 16.3. The fourth-order valence-electron chi connectivity index (χ4n) is 7.23. The molecule has 47 heavy (non-hydrogen) atoms. The van der Waals surface area contributed by atoms with Crippen LogP contribution in [-0.4, -0.2) is 14.1 Å². The molecule has 218 valence electrons. The van der Waals surface area contributed by atoms with Crippen molar-refractivity contribution in [2.24, 2.45) is 0 Å². The number of hydrogen-bond donors (Lipinski definition) is 0. The van der Waals surface area contributed by atoms with Gasteiger partial charge in [0.25, 0.3) is 0 Å². The van der Waals surface area contributed by atoms with Gasteiger partial charge in [-0.3, -0.25) is 4.57 Å². The minimum absolute atomic E-state index is 0.659. The monoisotopic (exact) mass is 600 g/mol. The van der Waals surface area contributed by atoms with E-state index in [1.54, 1.807) is 0 Å². The van der Waals surface area contributed by atoms with Crippen LogP contribution in [0.4, 0.5) is 0 Å². The molecule has 0 radical (unpaired) electrons. The highest BCUT2D eigenvalue weighted by Gasteiger charge is 2.19. The Morgan fingerprint density at radius 1 is 0.489 bits per heavy atom. The fourth-order valence-corrected chi connectivity index (χ4v) is 7.23. The largest absolute Gasteiger partial charge is 0.456 e. The third-order valence-corrected chi connectivity index (χ3v) is 9.42. The van der Waals surface area contributed by atoms with E-state index in [0.717, 1.165) is 72.0 Å². The number of nitriles is 1. The lowest BCUT2D eigenvalue weighted by atomic mass is 10.0. The maximum atomic E-state index is 9.18. The van der Waals surface area contributed by atoms with E-state index in [4.69, 9.17) is 9.40 Å². The molecule has 0 aliphatic rings. The molecule has 0 spiro atoms. The Balaban J connectivity index is 1.18. The van der Waals surface area contributed by atoms with Crippen molar-refractivity contribution in [3.8, 4) is 28.7 Å². The Labute approximate surface area is 268 Å². The van der Waals surface area contributed by atoms with Crippen molar-refractivity contribution in [2.45, 2.75) is 0 Å². The summed E-state index contributed by atoms with van der Waals surface area (Å²) in [7, 11) is 0. The summed E-state index contributed by atoms with van der Waals surface area (Å²) in [4.78, 5) is 5.12. The second kappa shape index (κ2) is 9.68. The van der Waals surface area contributed by atoms with Crippen LogP contribution in [0.2, 0.25) is 0 Å². The summed E-state index contributed by atoms with van der Waals surface area (Å²) in [6.07, 6.45) is 2.00. The molecule has 0 bridgehead atoms. The smallest absolute Gasteiger partial charge is 0.138 e. The Kier molecular flexibility index (Phi) is 5.28. The predicted octanol–water partition coefficient (Wildman–Crippen LogP) is 10.7. The Morgan fingerprint density at radius 2 is 1.11 bits per heavy atom. The SMILES string of the molecule is N#Cc1ccc(-c2ccc(-n3c4ccccc4c4cc(-n5c6ccccc6c6cc7c(cc65)oc5ccccc57)ncc43)cc2)cc1. The van der Waals surface area contributed by atoms with Gasteiger partial charge in [0, 0.05) is 44.1 Å². The van der Waals surface area contributed by atoms with E-state index in [0.29, 0.717) is 5.56 Å². The molecule has 0 fully saturated rings. The molecule has 4 heterocycles. The normalized spacial score (nSPS) is 11.8. The van der Waals surface area contributed by atoms with Crippen molar-refractivity contribution >= 4 is 65.6 Å². The van der Waals surface area contributed by atoms with Crippen LogP contribution in [0.25, 0.3) is 88.2 Å². The molecular weight excluding hydrogens is 576 g/mol. The van der Waals surface area contributed by atoms with Gasteiger partial charge in [-0.25, -0.2) is 4.98 Å². The summed E-state index contributed by atoms with van der Waals surface area (Å²) in [5.41, 5.74) is 9.99. The standard InChI is InChI=1S/C42H24N4O/c43-24-26-13-15-27(16-14-26)28-17-19-29(20-18-28)45-36-10-4-1-8-31(36)34-22-42(44-25-39(34)45)46-37-11-5-2-7-30(37)33-21-35-32-9-3-6-12-40(32)47-41(35)23-38(33)46/h1-23,25H. The van der Waals surface area contributed by atoms with Gasteiger partial charge in [0.15, 0.2) is 0 Å². The predicted molar refractivity (Wildman–Crippen MR) is 190 cm³/mol. The summed E-state index contributed by atoms with van der Waals surface area (Å²) in [5, 5.41) is 16.1. The van der Waals surface area contributed by atoms with Gasteiger partial charge in [0.05, 0.1) is 39.9 Å². The van der Waals surface area contributed by atoms with Gasteiger partial charge in [-0.05, 0) is 65.7 Å². The maximum Gasteiger partial charge on any atom is 0.138 e. The molecule has 0 aliphatic carbocycles. The van der Waals surface area contributed by atoms with Crippen LogP contribution in [0, 0.1) is 11.3 Å². The van der Waals surface area contributed by atoms with Crippen molar-refractivity contribution in [3.05, 3.63) is 151 Å². The van der Waals surface area contributed by atoms with Crippen LogP contribution in [0.1, 0.15) is 5.56 Å². The maximum absolute atomic E-state index is 9.18. The van der Waals surface area contributed by atoms with Gasteiger partial charge in [0.1, 0.15) is 17.0 Å². The van der Waals surface area contributed by atoms with Crippen molar-refractivity contribution < 1.29 is 4.42 Å². The number of para-hydroxylation sites is 3. The van der Waals surface area contributed by atoms with Crippen LogP contribution in [0.15, 0.2) is 150 Å². The van der Waals surface area contributed by atoms with Gasteiger partial charge >= 0.3 is 0 Å². The van der Waals surface area contributed by atoms with Crippen LogP contribution >= 0.6 is 0 Å². The topological polar surface area (TPSA) is 59.7 Å². The number of fused-ring (bicyclic) bond motifs is 9. The summed E-state index contributed by atoms with van der Waals surface area (Å²) in [6, 6.07) is 50.4. The second-order valence-corrected chi connectivity index (χ2v) is 12.0. The molecule has 10 rings (SSSR count). The van der Waals surface area contributed by atoms with Gasteiger partial charge in [-0.2, -0.15) is 5.26 Å². The lowest BCUT2D eigenvalue weighted by Gasteiger charge is -2.10. The van der Waals surface area contributed by atoms with E-state index in [2.05, 4.69) is 118 Å². The minimum Gasteiger partial charge on any atom is -0.456 e. The zero-order valence-corrected chi connectivity index (χ0v) is 25.1. The second-order valence-electron chi connectivity index (χ2n) is 12.0. The molecule has 10 aromatic rings. The van der Waals surface area contributed by atoms with Crippen molar-refractivity contribution in [1.29, 1.82) is 5.26 Å². The number of nitrogens with zero attached hydrogens (tertiary/aromatic N) is 4. The molecule has 4 aromatic heterocycles. The molecule has 0 unspecified atom stereocenters. The first kappa shape index (κ1) is 25.7. The summed E-state index contributed by atoms with van der Waals surface area (Å²) >= 11 is 0. The van der Waals surface area contributed by atoms with E-state index in [1.165, 1.54) is 16.2 Å². The lowest BCUT2D eigenvalue weighted by Crippen LogP contribution is -1.98. The van der Waals surface area contributed by atoms with E-state index in [1.807, 2.05) is 42.6 Å². The Hall–Kier alpha value is -6.64. The average Bonchev–Trinajstić information content (AvgIpc) is 3.77. The zero-order valence-electron chi connectivity index (χ0n) is 25.1. The lowest BCUT2D eigenvalue weighted by molar-refractivity contribution is 0.669. The first-order valence-corrected chi connectivity index (χ1v) is 15.6. The highest BCUT2D eigenvalue weighted by Crippen LogP contribution is 2.39. The molecule has 5 nitrogen and oxygen atoms in total. The first-order chi connectivity index (χ1) is 23.2.